The van der Waals surface area contributed by atoms with E-state index in [1.807, 2.05) is 0 Å². The van der Waals surface area contributed by atoms with Gasteiger partial charge in [-0.3, -0.25) is 4.40 Å². The highest BCUT2D eigenvalue weighted by Crippen LogP contribution is 2.04. The summed E-state index contributed by atoms with van der Waals surface area (Å²) < 4.78 is 20.5. The van der Waals surface area contributed by atoms with Gasteiger partial charge in [0.15, 0.2) is 5.65 Å². The van der Waals surface area contributed by atoms with E-state index in [9.17, 15) is 14.0 Å². The summed E-state index contributed by atoms with van der Waals surface area (Å²) >= 11 is 0. The average Bonchev–Trinajstić information content (AvgIpc) is 2.85. The fourth-order valence-electron chi connectivity index (χ4n) is 2.01. The molecule has 3 aromatic rings. The van der Waals surface area contributed by atoms with E-state index in [4.69, 9.17) is 4.74 Å². The van der Waals surface area contributed by atoms with Gasteiger partial charge in [0.05, 0.1) is 12.1 Å². The van der Waals surface area contributed by atoms with Gasteiger partial charge >= 0.3 is 11.7 Å². The monoisotopic (exact) mass is 301 g/mol. The lowest BCUT2D eigenvalue weighted by Gasteiger charge is -2.04. The van der Waals surface area contributed by atoms with Crippen LogP contribution in [0, 0.1) is 5.82 Å². The third kappa shape index (κ3) is 2.73. The Kier molecular flexibility index (Phi) is 3.69. The predicted molar refractivity (Wildman–Crippen MR) is 76.1 cm³/mol. The first-order chi connectivity index (χ1) is 10.6. The van der Waals surface area contributed by atoms with E-state index in [0.717, 1.165) is 0 Å². The number of nitrogens with zero attached hydrogens (tertiary/aromatic N) is 3. The van der Waals surface area contributed by atoms with Gasteiger partial charge in [-0.25, -0.2) is 18.7 Å². The van der Waals surface area contributed by atoms with Crippen LogP contribution in [0.3, 0.4) is 0 Å². The Morgan fingerprint density at radius 1 is 1.18 bits per heavy atom. The number of rotatable bonds is 4. The van der Waals surface area contributed by atoms with Crippen LogP contribution in [0.25, 0.3) is 5.65 Å². The maximum absolute atomic E-state index is 12.8. The third-order valence-electron chi connectivity index (χ3n) is 3.10. The van der Waals surface area contributed by atoms with Crippen molar-refractivity contribution in [2.75, 3.05) is 6.61 Å². The molecule has 0 radical (unpaired) electrons. The molecule has 2 aromatic heterocycles. The van der Waals surface area contributed by atoms with Gasteiger partial charge in [-0.05, 0) is 36.4 Å². The molecule has 0 aliphatic carbocycles. The molecule has 0 aliphatic heterocycles. The number of carbonyl (C=O) groups is 1. The molecule has 0 spiro atoms. The van der Waals surface area contributed by atoms with Crippen LogP contribution in [0.5, 0.6) is 0 Å². The zero-order chi connectivity index (χ0) is 15.5. The van der Waals surface area contributed by atoms with E-state index in [0.29, 0.717) is 5.65 Å². The molecule has 6 nitrogen and oxygen atoms in total. The molecule has 0 saturated carbocycles. The Labute approximate surface area is 124 Å². The van der Waals surface area contributed by atoms with Crippen LogP contribution in [0.1, 0.15) is 10.4 Å². The van der Waals surface area contributed by atoms with Crippen molar-refractivity contribution in [2.45, 2.75) is 6.54 Å². The molecule has 2 heterocycles. The quantitative estimate of drug-likeness (QED) is 0.685. The number of hydrogen-bond acceptors (Lipinski definition) is 4. The van der Waals surface area contributed by atoms with E-state index in [1.165, 1.54) is 33.3 Å². The number of fused-ring (bicyclic) bond motifs is 1. The lowest BCUT2D eigenvalue weighted by atomic mass is 10.2. The minimum atomic E-state index is -0.572. The highest BCUT2D eigenvalue weighted by atomic mass is 19.1. The van der Waals surface area contributed by atoms with Crippen molar-refractivity contribution >= 4 is 11.6 Å². The van der Waals surface area contributed by atoms with Crippen molar-refractivity contribution in [1.82, 2.24) is 14.2 Å². The first-order valence-corrected chi connectivity index (χ1v) is 6.62. The fourth-order valence-corrected chi connectivity index (χ4v) is 2.01. The summed E-state index contributed by atoms with van der Waals surface area (Å²) in [6, 6.07) is 10.3. The lowest BCUT2D eigenvalue weighted by Crippen LogP contribution is -2.24. The Bertz CT molecular complexity index is 868. The van der Waals surface area contributed by atoms with Gasteiger partial charge < -0.3 is 4.74 Å². The largest absolute Gasteiger partial charge is 0.460 e. The van der Waals surface area contributed by atoms with Gasteiger partial charge in [-0.15, -0.1) is 5.10 Å². The molecular weight excluding hydrogens is 289 g/mol. The third-order valence-corrected chi connectivity index (χ3v) is 3.10. The number of pyridine rings is 1. The van der Waals surface area contributed by atoms with Gasteiger partial charge in [0.25, 0.3) is 0 Å². The van der Waals surface area contributed by atoms with Crippen LogP contribution in [0.2, 0.25) is 0 Å². The molecule has 0 atom stereocenters. The molecule has 0 N–H and O–H groups in total. The van der Waals surface area contributed by atoms with Gasteiger partial charge in [-0.1, -0.05) is 6.07 Å². The lowest BCUT2D eigenvalue weighted by molar-refractivity contribution is 0.0486. The van der Waals surface area contributed by atoms with E-state index in [2.05, 4.69) is 5.10 Å². The topological polar surface area (TPSA) is 65.6 Å². The van der Waals surface area contributed by atoms with E-state index in [1.54, 1.807) is 24.4 Å². The molecule has 7 heteroatoms. The van der Waals surface area contributed by atoms with Crippen molar-refractivity contribution in [2.24, 2.45) is 0 Å². The first kappa shape index (κ1) is 14.0. The van der Waals surface area contributed by atoms with Crippen molar-refractivity contribution in [3.63, 3.8) is 0 Å². The second-order valence-corrected chi connectivity index (χ2v) is 4.58. The molecule has 3 rings (SSSR count). The Morgan fingerprint density at radius 3 is 2.68 bits per heavy atom. The first-order valence-electron chi connectivity index (χ1n) is 6.62. The Morgan fingerprint density at radius 2 is 1.95 bits per heavy atom. The molecule has 112 valence electrons. The van der Waals surface area contributed by atoms with Crippen LogP contribution in [0.4, 0.5) is 4.39 Å². The molecule has 0 bridgehead atoms. The summed E-state index contributed by atoms with van der Waals surface area (Å²) in [5.41, 5.74) is 0.481. The van der Waals surface area contributed by atoms with E-state index in [-0.39, 0.29) is 24.4 Å². The fraction of sp³-hybridized carbons (Fsp3) is 0.133. The maximum Gasteiger partial charge on any atom is 0.350 e. The summed E-state index contributed by atoms with van der Waals surface area (Å²) in [5, 5.41) is 4.12. The summed E-state index contributed by atoms with van der Waals surface area (Å²) in [7, 11) is 0. The van der Waals surface area contributed by atoms with Gasteiger partial charge in [-0.2, -0.15) is 0 Å². The minimum absolute atomic E-state index is 0.00000165. The molecule has 0 saturated heterocycles. The zero-order valence-electron chi connectivity index (χ0n) is 11.5. The molecular formula is C15H12FN3O3. The smallest absolute Gasteiger partial charge is 0.350 e. The number of hydrogen-bond donors (Lipinski definition) is 0. The van der Waals surface area contributed by atoms with Crippen molar-refractivity contribution in [3.05, 3.63) is 70.5 Å². The molecule has 0 fully saturated rings. The highest BCUT2D eigenvalue weighted by molar-refractivity contribution is 5.89. The average molecular weight is 301 g/mol. The van der Waals surface area contributed by atoms with Gasteiger partial charge in [0.1, 0.15) is 12.4 Å². The number of halogens is 1. The summed E-state index contributed by atoms with van der Waals surface area (Å²) in [4.78, 5) is 23.7. The Balaban J connectivity index is 1.65. The standard InChI is InChI=1S/C15H12FN3O3/c16-12-6-4-11(5-7-12)14(20)22-10-9-19-15(21)18-8-2-1-3-13(18)17-19/h1-8H,9-10H2. The molecule has 0 amide bonds. The van der Waals surface area contributed by atoms with E-state index < -0.39 is 11.8 Å². The van der Waals surface area contributed by atoms with Crippen LogP contribution < -0.4 is 5.69 Å². The molecule has 1 aromatic carbocycles. The van der Waals surface area contributed by atoms with Gasteiger partial charge in [0, 0.05) is 6.20 Å². The van der Waals surface area contributed by atoms with Crippen LogP contribution in [-0.4, -0.2) is 26.8 Å². The molecule has 0 unspecified atom stereocenters. The van der Waals surface area contributed by atoms with Crippen molar-refractivity contribution < 1.29 is 13.9 Å². The van der Waals surface area contributed by atoms with Crippen LogP contribution in [0.15, 0.2) is 53.5 Å². The predicted octanol–water partition coefficient (Wildman–Crippen LogP) is 1.49. The number of esters is 1. The summed E-state index contributed by atoms with van der Waals surface area (Å²) in [6.45, 7) is 0.146. The SMILES string of the molecule is O=C(OCCn1nc2ccccn2c1=O)c1ccc(F)cc1. The molecule has 0 aliphatic rings. The van der Waals surface area contributed by atoms with Gasteiger partial charge in [0.2, 0.25) is 0 Å². The van der Waals surface area contributed by atoms with Crippen LogP contribution >= 0.6 is 0 Å². The summed E-state index contributed by atoms with van der Waals surface area (Å²) in [6.07, 6.45) is 1.62. The van der Waals surface area contributed by atoms with E-state index >= 15 is 0 Å². The molecule has 22 heavy (non-hydrogen) atoms. The Hall–Kier alpha value is -2.96. The highest BCUT2D eigenvalue weighted by Gasteiger charge is 2.09. The second-order valence-electron chi connectivity index (χ2n) is 4.58. The maximum atomic E-state index is 12.8. The minimum Gasteiger partial charge on any atom is -0.460 e. The summed E-state index contributed by atoms with van der Waals surface area (Å²) in [5.74, 6) is -0.996. The zero-order valence-corrected chi connectivity index (χ0v) is 11.5. The second kappa shape index (κ2) is 5.80. The number of carbonyl (C=O) groups excluding carboxylic acids is 1. The normalized spacial score (nSPS) is 10.8. The number of ether oxygens (including phenoxy) is 1. The number of benzene rings is 1. The van der Waals surface area contributed by atoms with Crippen molar-refractivity contribution in [1.29, 1.82) is 0 Å². The van der Waals surface area contributed by atoms with Crippen molar-refractivity contribution in [3.8, 4) is 0 Å². The number of aromatic nitrogens is 3. The van der Waals surface area contributed by atoms with Crippen LogP contribution in [-0.2, 0) is 11.3 Å².